The molecule has 0 aromatic rings. The van der Waals surface area contributed by atoms with Crippen LogP contribution in [0.2, 0.25) is 0 Å². The normalized spacial score (nSPS) is 17.2. The molecule has 0 rings (SSSR count). The van der Waals surface area contributed by atoms with Gasteiger partial charge in [-0.15, -0.1) is 0 Å². The quantitative estimate of drug-likeness (QED) is 0.0553. The topological polar surface area (TPSA) is 290 Å². The molecule has 0 fully saturated rings. The number of hydrogen-bond acceptors (Lipinski definition) is 16. The molecule has 0 aliphatic carbocycles. The lowest BCUT2D eigenvalue weighted by Crippen LogP contribution is -2.26. The number of ether oxygens (including phenoxy) is 4. The minimum absolute atomic E-state index is 0.0557. The molecule has 0 aliphatic heterocycles. The highest BCUT2D eigenvalue weighted by molar-refractivity contribution is 5.70. The van der Waals surface area contributed by atoms with E-state index in [1.54, 1.807) is 0 Å². The maximum atomic E-state index is 12.3. The van der Waals surface area contributed by atoms with Gasteiger partial charge in [-0.3, -0.25) is 19.2 Å². The van der Waals surface area contributed by atoms with Gasteiger partial charge in [0, 0.05) is 25.7 Å². The van der Waals surface area contributed by atoms with E-state index in [9.17, 15) is 40.2 Å². The van der Waals surface area contributed by atoms with Crippen molar-refractivity contribution in [1.82, 2.24) is 0 Å². The van der Waals surface area contributed by atoms with Crippen LogP contribution in [-0.4, -0.2) is 82.0 Å². The predicted molar refractivity (Wildman–Crippen MR) is 170 cm³/mol. The number of azo groups is 2. The van der Waals surface area contributed by atoms with E-state index in [2.05, 4.69) is 20.5 Å². The SMILES string of the molecule is CC(OCCCCOC(C)OC(=O)CCC(C)(C#N)N=NC(C)(C#N)CCC(=O)O)OC(=O)CCC(C)(C#N)N=NC(C)(C#N)CCC(=O)O. The molecule has 18 heteroatoms. The lowest BCUT2D eigenvalue weighted by molar-refractivity contribution is -0.178. The van der Waals surface area contributed by atoms with E-state index in [-0.39, 0.29) is 64.6 Å². The van der Waals surface area contributed by atoms with E-state index in [1.165, 1.54) is 41.5 Å². The van der Waals surface area contributed by atoms with Crippen LogP contribution >= 0.6 is 0 Å². The van der Waals surface area contributed by atoms with Crippen molar-refractivity contribution in [3.63, 3.8) is 0 Å². The summed E-state index contributed by atoms with van der Waals surface area (Å²) in [5, 5.41) is 71.1. The molecule has 0 amide bonds. The molecule has 0 aromatic carbocycles. The van der Waals surface area contributed by atoms with Crippen LogP contribution in [0.4, 0.5) is 0 Å². The van der Waals surface area contributed by atoms with Gasteiger partial charge in [0.1, 0.15) is 0 Å². The monoisotopic (exact) mass is 702 g/mol. The number of unbranched alkanes of at least 4 members (excludes halogenated alkanes) is 1. The molecule has 0 saturated heterocycles. The Labute approximate surface area is 291 Å². The van der Waals surface area contributed by atoms with E-state index in [4.69, 9.17) is 29.2 Å². The summed E-state index contributed by atoms with van der Waals surface area (Å²) in [5.41, 5.74) is -5.74. The third kappa shape index (κ3) is 19.7. The number of aliphatic carboxylic acids is 2. The number of hydrogen-bond donors (Lipinski definition) is 2. The smallest absolute Gasteiger partial charge is 0.308 e. The Kier molecular flexibility index (Phi) is 19.6. The average molecular weight is 703 g/mol. The van der Waals surface area contributed by atoms with Crippen molar-refractivity contribution in [2.75, 3.05) is 13.2 Å². The molecule has 0 heterocycles. The lowest BCUT2D eigenvalue weighted by atomic mass is 9.97. The average Bonchev–Trinajstić information content (AvgIpc) is 3.07. The van der Waals surface area contributed by atoms with E-state index in [0.717, 1.165) is 0 Å². The van der Waals surface area contributed by atoms with Crippen LogP contribution in [0, 0.1) is 45.3 Å². The van der Waals surface area contributed by atoms with Crippen LogP contribution in [0.3, 0.4) is 0 Å². The second kappa shape index (κ2) is 21.8. The highest BCUT2D eigenvalue weighted by Crippen LogP contribution is 2.25. The molecule has 18 nitrogen and oxygen atoms in total. The van der Waals surface area contributed by atoms with E-state index in [1.807, 2.05) is 24.3 Å². The molecule has 50 heavy (non-hydrogen) atoms. The summed E-state index contributed by atoms with van der Waals surface area (Å²) < 4.78 is 21.4. The van der Waals surface area contributed by atoms with Gasteiger partial charge in [-0.1, -0.05) is 0 Å². The van der Waals surface area contributed by atoms with Crippen molar-refractivity contribution in [3.05, 3.63) is 0 Å². The van der Waals surface area contributed by atoms with Gasteiger partial charge in [-0.2, -0.15) is 41.5 Å². The van der Waals surface area contributed by atoms with Crippen molar-refractivity contribution < 1.29 is 48.3 Å². The Morgan fingerprint density at radius 3 is 1.06 bits per heavy atom. The number of carbonyl (C=O) groups excluding carboxylic acids is 2. The van der Waals surface area contributed by atoms with Gasteiger partial charge < -0.3 is 29.2 Å². The Balaban J connectivity index is 4.49. The van der Waals surface area contributed by atoms with Gasteiger partial charge in [0.2, 0.25) is 0 Å². The van der Waals surface area contributed by atoms with E-state index in [0.29, 0.717) is 12.8 Å². The zero-order valence-corrected chi connectivity index (χ0v) is 29.4. The number of carbonyl (C=O) groups is 4. The predicted octanol–water partition coefficient (Wildman–Crippen LogP) is 4.90. The van der Waals surface area contributed by atoms with Gasteiger partial charge in [0.05, 0.1) is 37.5 Å². The molecule has 0 aromatic heterocycles. The number of esters is 2. The molecule has 0 aliphatic rings. The Morgan fingerprint density at radius 1 is 0.560 bits per heavy atom. The number of rotatable bonds is 25. The standard InChI is InChI=1S/C32H46N8O10/c1-23(49-27(45)11-15-31(5,21-35)39-37-29(3,19-33)13-9-25(41)42)47-17-7-8-18-48-24(2)50-28(46)12-16-32(6,22-36)40-38-30(4,20-34)14-10-26(43)44/h23-24H,7-18H2,1-6H3,(H,41,42)(H,43,44). The molecular weight excluding hydrogens is 656 g/mol. The van der Waals surface area contributed by atoms with Gasteiger partial charge >= 0.3 is 23.9 Å². The Morgan fingerprint density at radius 2 is 0.820 bits per heavy atom. The largest absolute Gasteiger partial charge is 0.481 e. The molecule has 2 N–H and O–H groups in total. The summed E-state index contributed by atoms with van der Waals surface area (Å²) in [4.78, 5) is 46.2. The number of carboxylic acid groups (broad SMARTS) is 2. The van der Waals surface area contributed by atoms with Crippen LogP contribution in [0.15, 0.2) is 20.5 Å². The third-order valence-electron chi connectivity index (χ3n) is 7.07. The second-order valence-electron chi connectivity index (χ2n) is 12.3. The maximum Gasteiger partial charge on any atom is 0.308 e. The van der Waals surface area contributed by atoms with Gasteiger partial charge in [0.25, 0.3) is 0 Å². The lowest BCUT2D eigenvalue weighted by Gasteiger charge is -2.20. The first kappa shape index (κ1) is 45.0. The first-order valence-electron chi connectivity index (χ1n) is 15.9. The minimum Gasteiger partial charge on any atom is -0.481 e. The number of carboxylic acids is 2. The molecule has 0 spiro atoms. The first-order chi connectivity index (χ1) is 23.3. The van der Waals surface area contributed by atoms with Crippen LogP contribution in [0.25, 0.3) is 0 Å². The summed E-state index contributed by atoms with van der Waals surface area (Å²) in [7, 11) is 0. The fraction of sp³-hybridized carbons (Fsp3) is 0.750. The molecule has 274 valence electrons. The molecule has 0 bridgehead atoms. The van der Waals surface area contributed by atoms with Crippen LogP contribution in [0.5, 0.6) is 0 Å². The van der Waals surface area contributed by atoms with Crippen molar-refractivity contribution in [2.24, 2.45) is 20.5 Å². The van der Waals surface area contributed by atoms with Crippen molar-refractivity contribution in [2.45, 2.75) is 140 Å². The minimum atomic E-state index is -1.44. The molecule has 0 saturated carbocycles. The highest BCUT2D eigenvalue weighted by Gasteiger charge is 2.31. The highest BCUT2D eigenvalue weighted by atomic mass is 16.7. The maximum absolute atomic E-state index is 12.3. The van der Waals surface area contributed by atoms with Crippen LogP contribution in [-0.2, 0) is 38.1 Å². The van der Waals surface area contributed by atoms with Gasteiger partial charge in [-0.25, -0.2) is 0 Å². The number of nitriles is 4. The summed E-state index contributed by atoms with van der Waals surface area (Å²) >= 11 is 0. The summed E-state index contributed by atoms with van der Waals surface area (Å²) in [6.45, 7) is 9.18. The van der Waals surface area contributed by atoms with Crippen molar-refractivity contribution >= 4 is 23.9 Å². The first-order valence-corrected chi connectivity index (χ1v) is 15.9. The van der Waals surface area contributed by atoms with Crippen LogP contribution < -0.4 is 0 Å². The number of nitrogens with zero attached hydrogens (tertiary/aromatic N) is 8. The molecule has 6 unspecified atom stereocenters. The molecular formula is C32H46N8O10. The van der Waals surface area contributed by atoms with Gasteiger partial charge in [0.15, 0.2) is 34.7 Å². The summed E-state index contributed by atoms with van der Waals surface area (Å²) in [6.07, 6.45) is -1.98. The van der Waals surface area contributed by atoms with E-state index >= 15 is 0 Å². The fourth-order valence-corrected chi connectivity index (χ4v) is 3.60. The van der Waals surface area contributed by atoms with Crippen molar-refractivity contribution in [1.29, 1.82) is 21.0 Å². The summed E-state index contributed by atoms with van der Waals surface area (Å²) in [5.74, 6) is -3.47. The zero-order valence-electron chi connectivity index (χ0n) is 29.4. The zero-order chi connectivity index (χ0) is 38.4. The van der Waals surface area contributed by atoms with Crippen molar-refractivity contribution in [3.8, 4) is 24.3 Å². The second-order valence-corrected chi connectivity index (χ2v) is 12.3. The van der Waals surface area contributed by atoms with Crippen LogP contribution in [0.1, 0.15) is 106 Å². The molecule has 6 atom stereocenters. The Hall–Kier alpha value is -5.04. The fourth-order valence-electron chi connectivity index (χ4n) is 3.60. The Bertz CT molecular complexity index is 1290. The summed E-state index contributed by atoms with van der Waals surface area (Å²) in [6, 6.07) is 7.67. The van der Waals surface area contributed by atoms with Gasteiger partial charge in [-0.05, 0) is 80.1 Å². The van der Waals surface area contributed by atoms with E-state index < -0.39 is 58.6 Å². The molecule has 0 radical (unpaired) electrons. The third-order valence-corrected chi connectivity index (χ3v) is 7.07.